The average molecular weight is 259 g/mol. The highest BCUT2D eigenvalue weighted by molar-refractivity contribution is 5.31. The second-order valence-electron chi connectivity index (χ2n) is 7.81. The molecule has 19 heavy (non-hydrogen) atoms. The Balaban J connectivity index is 2.18. The molecule has 2 atom stereocenters. The molecule has 1 aromatic rings. The van der Waals surface area contributed by atoms with Crippen molar-refractivity contribution in [3.05, 3.63) is 34.9 Å². The van der Waals surface area contributed by atoms with Gasteiger partial charge in [0.15, 0.2) is 0 Å². The molecular weight excluding hydrogens is 230 g/mol. The molecule has 2 unspecified atom stereocenters. The molecule has 1 aliphatic rings. The van der Waals surface area contributed by atoms with Crippen molar-refractivity contribution < 1.29 is 0 Å². The SMILES string of the molecule is Cc1ccc(CC2(N)CC(C)CC(C)(C)C2)cc1C. The minimum absolute atomic E-state index is 0.0249. The maximum absolute atomic E-state index is 6.75. The molecule has 0 aliphatic heterocycles. The van der Waals surface area contributed by atoms with Crippen LogP contribution in [0.2, 0.25) is 0 Å². The van der Waals surface area contributed by atoms with Gasteiger partial charge in [0.1, 0.15) is 0 Å². The maximum Gasteiger partial charge on any atom is 0.0202 e. The van der Waals surface area contributed by atoms with E-state index in [0.29, 0.717) is 5.41 Å². The van der Waals surface area contributed by atoms with Gasteiger partial charge in [0.2, 0.25) is 0 Å². The summed E-state index contributed by atoms with van der Waals surface area (Å²) in [5.41, 5.74) is 11.2. The van der Waals surface area contributed by atoms with E-state index in [2.05, 4.69) is 52.8 Å². The number of hydrogen-bond acceptors (Lipinski definition) is 1. The molecule has 1 nitrogen and oxygen atoms in total. The monoisotopic (exact) mass is 259 g/mol. The molecule has 1 saturated carbocycles. The second-order valence-corrected chi connectivity index (χ2v) is 7.81. The molecule has 1 aliphatic carbocycles. The van der Waals surface area contributed by atoms with E-state index in [-0.39, 0.29) is 5.54 Å². The van der Waals surface area contributed by atoms with Gasteiger partial charge in [-0.3, -0.25) is 0 Å². The van der Waals surface area contributed by atoms with Crippen molar-refractivity contribution in [2.45, 2.75) is 65.8 Å². The predicted molar refractivity (Wildman–Crippen MR) is 83.3 cm³/mol. The van der Waals surface area contributed by atoms with E-state index in [4.69, 9.17) is 5.73 Å². The molecular formula is C18H29N. The lowest BCUT2D eigenvalue weighted by Crippen LogP contribution is -2.50. The van der Waals surface area contributed by atoms with Crippen LogP contribution < -0.4 is 5.73 Å². The summed E-state index contributed by atoms with van der Waals surface area (Å²) in [7, 11) is 0. The van der Waals surface area contributed by atoms with Crippen LogP contribution in [0, 0.1) is 25.2 Å². The van der Waals surface area contributed by atoms with Crippen molar-refractivity contribution in [1.82, 2.24) is 0 Å². The minimum atomic E-state index is -0.0249. The van der Waals surface area contributed by atoms with Crippen LogP contribution in [0.15, 0.2) is 18.2 Å². The Morgan fingerprint density at radius 2 is 1.84 bits per heavy atom. The summed E-state index contributed by atoms with van der Waals surface area (Å²) in [5.74, 6) is 0.736. The van der Waals surface area contributed by atoms with E-state index in [1.165, 1.54) is 23.1 Å². The van der Waals surface area contributed by atoms with Gasteiger partial charge in [-0.2, -0.15) is 0 Å². The first-order valence-corrected chi connectivity index (χ1v) is 7.54. The first-order chi connectivity index (χ1) is 8.69. The molecule has 0 aromatic heterocycles. The Kier molecular flexibility index (Phi) is 3.79. The molecule has 0 saturated heterocycles. The summed E-state index contributed by atoms with van der Waals surface area (Å²) in [4.78, 5) is 0. The lowest BCUT2D eigenvalue weighted by atomic mass is 9.63. The number of aryl methyl sites for hydroxylation is 2. The van der Waals surface area contributed by atoms with Gasteiger partial charge in [0.25, 0.3) is 0 Å². The van der Waals surface area contributed by atoms with Crippen LogP contribution in [0.4, 0.5) is 0 Å². The van der Waals surface area contributed by atoms with E-state index < -0.39 is 0 Å². The highest BCUT2D eigenvalue weighted by Crippen LogP contribution is 2.44. The van der Waals surface area contributed by atoms with E-state index in [1.807, 2.05) is 0 Å². The summed E-state index contributed by atoms with van der Waals surface area (Å²) < 4.78 is 0. The van der Waals surface area contributed by atoms with Crippen molar-refractivity contribution in [3.8, 4) is 0 Å². The van der Waals surface area contributed by atoms with Gasteiger partial charge < -0.3 is 5.73 Å². The molecule has 0 spiro atoms. The average Bonchev–Trinajstić information content (AvgIpc) is 2.19. The quantitative estimate of drug-likeness (QED) is 0.837. The highest BCUT2D eigenvalue weighted by Gasteiger charge is 2.40. The Bertz CT molecular complexity index is 461. The first-order valence-electron chi connectivity index (χ1n) is 7.54. The largest absolute Gasteiger partial charge is 0.325 e. The maximum atomic E-state index is 6.75. The Labute approximate surface area is 118 Å². The van der Waals surface area contributed by atoms with Crippen molar-refractivity contribution in [3.63, 3.8) is 0 Å². The van der Waals surface area contributed by atoms with Crippen molar-refractivity contribution in [2.24, 2.45) is 17.1 Å². The Morgan fingerprint density at radius 3 is 2.42 bits per heavy atom. The molecule has 106 valence electrons. The standard InChI is InChI=1S/C18H29N/c1-13-9-17(4,5)12-18(19,10-13)11-16-7-6-14(2)15(3)8-16/h6-8,13H,9-12,19H2,1-5H3. The predicted octanol–water partition coefficient (Wildman–Crippen LogP) is 4.39. The number of nitrogens with two attached hydrogens (primary N) is 1. The van der Waals surface area contributed by atoms with Crippen LogP contribution in [0.1, 0.15) is 56.7 Å². The summed E-state index contributed by atoms with van der Waals surface area (Å²) >= 11 is 0. The van der Waals surface area contributed by atoms with Crippen LogP contribution in [-0.2, 0) is 6.42 Å². The van der Waals surface area contributed by atoms with E-state index in [9.17, 15) is 0 Å². The van der Waals surface area contributed by atoms with Gasteiger partial charge in [-0.15, -0.1) is 0 Å². The van der Waals surface area contributed by atoms with Crippen LogP contribution in [-0.4, -0.2) is 5.54 Å². The van der Waals surface area contributed by atoms with E-state index in [1.54, 1.807) is 0 Å². The smallest absolute Gasteiger partial charge is 0.0202 e. The third-order valence-corrected chi connectivity index (χ3v) is 4.61. The second kappa shape index (κ2) is 4.94. The molecule has 1 heteroatoms. The molecule has 0 heterocycles. The zero-order chi connectivity index (χ0) is 14.3. The molecule has 0 radical (unpaired) electrons. The lowest BCUT2D eigenvalue weighted by Gasteiger charge is -2.46. The molecule has 2 N–H and O–H groups in total. The molecule has 2 rings (SSSR count). The van der Waals surface area contributed by atoms with Crippen LogP contribution in [0.25, 0.3) is 0 Å². The van der Waals surface area contributed by atoms with Gasteiger partial charge in [-0.05, 0) is 67.6 Å². The van der Waals surface area contributed by atoms with Crippen molar-refractivity contribution >= 4 is 0 Å². The van der Waals surface area contributed by atoms with E-state index >= 15 is 0 Å². The highest BCUT2D eigenvalue weighted by atomic mass is 14.8. The van der Waals surface area contributed by atoms with Gasteiger partial charge in [-0.25, -0.2) is 0 Å². The number of hydrogen-bond donors (Lipinski definition) is 1. The van der Waals surface area contributed by atoms with Gasteiger partial charge >= 0.3 is 0 Å². The van der Waals surface area contributed by atoms with Crippen molar-refractivity contribution in [1.29, 1.82) is 0 Å². The van der Waals surface area contributed by atoms with Crippen molar-refractivity contribution in [2.75, 3.05) is 0 Å². The van der Waals surface area contributed by atoms with Crippen LogP contribution in [0.3, 0.4) is 0 Å². The summed E-state index contributed by atoms with van der Waals surface area (Å²) in [5, 5.41) is 0. The molecule has 0 bridgehead atoms. The molecule has 0 amide bonds. The molecule has 1 aromatic carbocycles. The summed E-state index contributed by atoms with van der Waals surface area (Å²) in [6.45, 7) is 11.4. The third kappa shape index (κ3) is 3.60. The van der Waals surface area contributed by atoms with Gasteiger partial charge in [0.05, 0.1) is 0 Å². The van der Waals surface area contributed by atoms with E-state index in [0.717, 1.165) is 25.2 Å². The van der Waals surface area contributed by atoms with Gasteiger partial charge in [0, 0.05) is 5.54 Å². The molecule has 1 fully saturated rings. The Morgan fingerprint density at radius 1 is 1.16 bits per heavy atom. The normalized spacial score (nSPS) is 30.3. The summed E-state index contributed by atoms with van der Waals surface area (Å²) in [6.07, 6.45) is 4.61. The third-order valence-electron chi connectivity index (χ3n) is 4.61. The first kappa shape index (κ1) is 14.6. The minimum Gasteiger partial charge on any atom is -0.325 e. The number of benzene rings is 1. The fraction of sp³-hybridized carbons (Fsp3) is 0.667. The van der Waals surface area contributed by atoms with Crippen LogP contribution in [0.5, 0.6) is 0 Å². The lowest BCUT2D eigenvalue weighted by molar-refractivity contribution is 0.108. The fourth-order valence-corrected chi connectivity index (χ4v) is 4.26. The zero-order valence-corrected chi connectivity index (χ0v) is 13.2. The zero-order valence-electron chi connectivity index (χ0n) is 13.2. The van der Waals surface area contributed by atoms with Crippen LogP contribution >= 0.6 is 0 Å². The topological polar surface area (TPSA) is 26.0 Å². The fourth-order valence-electron chi connectivity index (χ4n) is 4.26. The van der Waals surface area contributed by atoms with Gasteiger partial charge in [-0.1, -0.05) is 39.0 Å². The summed E-state index contributed by atoms with van der Waals surface area (Å²) in [6, 6.07) is 6.80. The Hall–Kier alpha value is -0.820. The number of rotatable bonds is 2.